The molecule has 2 heterocycles. The molecular formula is C18H22BN3O4. The summed E-state index contributed by atoms with van der Waals surface area (Å²) in [6.45, 7) is 4.00. The number of hydrogen-bond donors (Lipinski definition) is 3. The van der Waals surface area contributed by atoms with Crippen LogP contribution < -0.4 is 5.32 Å². The summed E-state index contributed by atoms with van der Waals surface area (Å²) in [5.41, 5.74) is 2.18. The molecule has 0 bridgehead atoms. The summed E-state index contributed by atoms with van der Waals surface area (Å²) in [7, 11) is -1.57. The van der Waals surface area contributed by atoms with E-state index in [2.05, 4.69) is 10.3 Å². The van der Waals surface area contributed by atoms with Gasteiger partial charge < -0.3 is 20.3 Å². The molecule has 1 aliphatic heterocycles. The maximum absolute atomic E-state index is 12.7. The minimum atomic E-state index is -1.57. The minimum Gasteiger partial charge on any atom is -0.426 e. The highest BCUT2D eigenvalue weighted by atomic mass is 16.4. The fourth-order valence-electron chi connectivity index (χ4n) is 3.42. The van der Waals surface area contributed by atoms with E-state index in [1.165, 1.54) is 4.90 Å². The summed E-state index contributed by atoms with van der Waals surface area (Å²) in [4.78, 5) is 31.0. The maximum atomic E-state index is 12.7. The van der Waals surface area contributed by atoms with Crippen molar-refractivity contribution in [3.05, 3.63) is 41.6 Å². The highest BCUT2D eigenvalue weighted by Gasteiger charge is 2.38. The number of nitrogens with zero attached hydrogens (tertiary/aromatic N) is 2. The second kappa shape index (κ2) is 7.43. The van der Waals surface area contributed by atoms with Gasteiger partial charge in [-0.2, -0.15) is 0 Å². The molecular weight excluding hydrogens is 333 g/mol. The molecule has 1 saturated heterocycles. The fourth-order valence-corrected chi connectivity index (χ4v) is 3.42. The van der Waals surface area contributed by atoms with Crippen molar-refractivity contribution in [2.75, 3.05) is 6.54 Å². The molecule has 0 aliphatic carbocycles. The molecule has 7 nitrogen and oxygen atoms in total. The Hall–Kier alpha value is -2.45. The van der Waals surface area contributed by atoms with E-state index in [-0.39, 0.29) is 11.8 Å². The Bertz CT molecular complexity index is 842. The van der Waals surface area contributed by atoms with Gasteiger partial charge in [0.25, 0.3) is 5.91 Å². The van der Waals surface area contributed by atoms with Gasteiger partial charge in [-0.15, -0.1) is 0 Å². The molecule has 2 unspecified atom stereocenters. The summed E-state index contributed by atoms with van der Waals surface area (Å²) >= 11 is 0. The first-order chi connectivity index (χ1) is 12.4. The highest BCUT2D eigenvalue weighted by Crippen LogP contribution is 2.20. The quantitative estimate of drug-likeness (QED) is 0.700. The number of nitrogens with one attached hydrogen (secondary N) is 1. The molecule has 0 radical (unpaired) electrons. The zero-order valence-electron chi connectivity index (χ0n) is 14.8. The van der Waals surface area contributed by atoms with Crippen LogP contribution in [-0.4, -0.2) is 57.4 Å². The lowest BCUT2D eigenvalue weighted by molar-refractivity contribution is -0.132. The number of amides is 2. The number of aromatic nitrogens is 1. The second-order valence-corrected chi connectivity index (χ2v) is 6.73. The lowest BCUT2D eigenvalue weighted by Gasteiger charge is -2.27. The van der Waals surface area contributed by atoms with Crippen LogP contribution >= 0.6 is 0 Å². The van der Waals surface area contributed by atoms with E-state index in [4.69, 9.17) is 0 Å². The lowest BCUT2D eigenvalue weighted by atomic mass is 9.78. The number of carbonyl (C=O) groups excluding carboxylic acids is 2. The summed E-state index contributed by atoms with van der Waals surface area (Å²) in [6.07, 6.45) is 2.82. The van der Waals surface area contributed by atoms with Gasteiger partial charge in [-0.1, -0.05) is 11.6 Å². The average Bonchev–Trinajstić information content (AvgIpc) is 3.10. The monoisotopic (exact) mass is 355 g/mol. The van der Waals surface area contributed by atoms with Gasteiger partial charge in [0, 0.05) is 18.1 Å². The van der Waals surface area contributed by atoms with Crippen LogP contribution in [-0.2, 0) is 4.79 Å². The van der Waals surface area contributed by atoms with Crippen molar-refractivity contribution < 1.29 is 19.6 Å². The van der Waals surface area contributed by atoms with Gasteiger partial charge in [0.2, 0.25) is 5.91 Å². The summed E-state index contributed by atoms with van der Waals surface area (Å²) < 4.78 is 0. The van der Waals surface area contributed by atoms with Crippen molar-refractivity contribution in [2.24, 2.45) is 0 Å². The van der Waals surface area contributed by atoms with E-state index in [1.807, 2.05) is 25.1 Å². The van der Waals surface area contributed by atoms with Crippen molar-refractivity contribution in [2.45, 2.75) is 38.7 Å². The molecule has 3 N–H and O–H groups in total. The maximum Gasteiger partial charge on any atom is 0.475 e. The molecule has 2 atom stereocenters. The van der Waals surface area contributed by atoms with E-state index < -0.39 is 19.1 Å². The van der Waals surface area contributed by atoms with Gasteiger partial charge in [0.15, 0.2) is 0 Å². The van der Waals surface area contributed by atoms with E-state index in [0.717, 1.165) is 10.9 Å². The number of benzene rings is 1. The highest BCUT2D eigenvalue weighted by molar-refractivity contribution is 6.43. The average molecular weight is 355 g/mol. The summed E-state index contributed by atoms with van der Waals surface area (Å²) in [6, 6.07) is 6.53. The second-order valence-electron chi connectivity index (χ2n) is 6.73. The van der Waals surface area contributed by atoms with E-state index in [1.54, 1.807) is 19.2 Å². The van der Waals surface area contributed by atoms with Crippen LogP contribution in [0.5, 0.6) is 0 Å². The van der Waals surface area contributed by atoms with Gasteiger partial charge in [0.05, 0.1) is 17.0 Å². The fraction of sp³-hybridized carbons (Fsp3) is 0.389. The molecule has 2 amide bonds. The van der Waals surface area contributed by atoms with Crippen LogP contribution in [0.1, 0.15) is 35.7 Å². The molecule has 1 aliphatic rings. The predicted octanol–water partition coefficient (Wildman–Crippen LogP) is 0.665. The summed E-state index contributed by atoms with van der Waals surface area (Å²) in [5.74, 6) is -1.29. The number of rotatable bonds is 4. The van der Waals surface area contributed by atoms with Crippen LogP contribution in [0.2, 0.25) is 0 Å². The molecule has 0 spiro atoms. The number of pyridine rings is 1. The molecule has 3 rings (SSSR count). The van der Waals surface area contributed by atoms with Crippen LogP contribution in [0.25, 0.3) is 10.9 Å². The molecule has 1 fully saturated rings. The number of aryl methyl sites for hydroxylation is 1. The third kappa shape index (κ3) is 3.56. The Morgan fingerprint density at radius 1 is 1.35 bits per heavy atom. The van der Waals surface area contributed by atoms with Crippen molar-refractivity contribution >= 4 is 29.8 Å². The van der Waals surface area contributed by atoms with E-state index >= 15 is 0 Å². The Labute approximate surface area is 152 Å². The zero-order chi connectivity index (χ0) is 18.8. The first-order valence-electron chi connectivity index (χ1n) is 8.71. The minimum absolute atomic E-state index is 0.316. The molecule has 1 aromatic carbocycles. The van der Waals surface area contributed by atoms with Crippen molar-refractivity contribution in [3.63, 3.8) is 0 Å². The summed E-state index contributed by atoms with van der Waals surface area (Å²) in [5, 5.41) is 22.3. The first-order valence-corrected chi connectivity index (χ1v) is 8.71. The predicted molar refractivity (Wildman–Crippen MR) is 98.3 cm³/mol. The van der Waals surface area contributed by atoms with E-state index in [9.17, 15) is 19.6 Å². The third-order valence-electron chi connectivity index (χ3n) is 4.79. The molecule has 1 aromatic heterocycles. The molecule has 2 aromatic rings. The SMILES string of the molecule is Cc1ccc2nccc(C(=O)NC(C)C(=O)N3CCCC3B(O)O)c2c1. The van der Waals surface area contributed by atoms with Gasteiger partial charge in [-0.25, -0.2) is 0 Å². The van der Waals surface area contributed by atoms with Crippen molar-refractivity contribution in [3.8, 4) is 0 Å². The largest absolute Gasteiger partial charge is 0.475 e. The third-order valence-corrected chi connectivity index (χ3v) is 4.79. The molecule has 136 valence electrons. The Morgan fingerprint density at radius 3 is 2.85 bits per heavy atom. The van der Waals surface area contributed by atoms with Crippen LogP contribution in [0.4, 0.5) is 0 Å². The molecule has 26 heavy (non-hydrogen) atoms. The smallest absolute Gasteiger partial charge is 0.426 e. The number of carbonyl (C=O) groups is 2. The van der Waals surface area contributed by atoms with Crippen LogP contribution in [0, 0.1) is 6.92 Å². The Morgan fingerprint density at radius 2 is 2.12 bits per heavy atom. The van der Waals surface area contributed by atoms with Crippen LogP contribution in [0.15, 0.2) is 30.5 Å². The Balaban J connectivity index is 1.78. The van der Waals surface area contributed by atoms with Gasteiger partial charge in [0.1, 0.15) is 6.04 Å². The zero-order valence-corrected chi connectivity index (χ0v) is 14.8. The van der Waals surface area contributed by atoms with Crippen LogP contribution in [0.3, 0.4) is 0 Å². The normalized spacial score (nSPS) is 18.0. The Kier molecular flexibility index (Phi) is 5.24. The van der Waals surface area contributed by atoms with Gasteiger partial charge in [-0.05, 0) is 44.9 Å². The molecule has 0 saturated carbocycles. The topological polar surface area (TPSA) is 103 Å². The van der Waals surface area contributed by atoms with Crippen molar-refractivity contribution in [1.82, 2.24) is 15.2 Å². The van der Waals surface area contributed by atoms with E-state index in [0.29, 0.717) is 30.5 Å². The van der Waals surface area contributed by atoms with Gasteiger partial charge in [-0.3, -0.25) is 14.6 Å². The van der Waals surface area contributed by atoms with Crippen molar-refractivity contribution in [1.29, 1.82) is 0 Å². The molecule has 8 heteroatoms. The number of hydrogen-bond acceptors (Lipinski definition) is 5. The standard InChI is InChI=1S/C18H22BN3O4/c1-11-5-6-15-14(10-11)13(7-8-20-15)17(23)21-12(2)18(24)22-9-3-4-16(22)19(25)26/h5-8,10,12,16,25-26H,3-4,9H2,1-2H3,(H,21,23). The lowest BCUT2D eigenvalue weighted by Crippen LogP contribution is -2.52. The van der Waals surface area contributed by atoms with Gasteiger partial charge >= 0.3 is 7.12 Å². The number of likely N-dealkylation sites (tertiary alicyclic amines) is 1. The first kappa shape index (κ1) is 18.3. The number of fused-ring (bicyclic) bond motifs is 1.